The number of urea groups is 1. The molecule has 7 nitrogen and oxygen atoms in total. The number of nitrogens with one attached hydrogen (secondary N) is 1. The Labute approximate surface area is 158 Å². The minimum absolute atomic E-state index is 0.0164. The molecule has 0 spiro atoms. The molecule has 3 amide bonds. The van der Waals surface area contributed by atoms with Gasteiger partial charge < -0.3 is 15.1 Å². The van der Waals surface area contributed by atoms with Crippen molar-refractivity contribution in [1.29, 1.82) is 0 Å². The molecule has 0 bridgehead atoms. The fraction of sp³-hybridized carbons (Fsp3) is 0.389. The van der Waals surface area contributed by atoms with Gasteiger partial charge in [0.2, 0.25) is 5.91 Å². The van der Waals surface area contributed by atoms with Crippen molar-refractivity contribution in [2.24, 2.45) is 0 Å². The van der Waals surface area contributed by atoms with Crippen molar-refractivity contribution in [3.05, 3.63) is 41.5 Å². The van der Waals surface area contributed by atoms with Crippen LogP contribution in [0.2, 0.25) is 0 Å². The molecule has 0 radical (unpaired) electrons. The van der Waals surface area contributed by atoms with Crippen molar-refractivity contribution >= 4 is 23.3 Å². The Kier molecular flexibility index (Phi) is 4.48. The highest BCUT2D eigenvalue weighted by Crippen LogP contribution is 2.30. The third-order valence-electron chi connectivity index (χ3n) is 5.08. The molecule has 1 fully saturated rings. The Morgan fingerprint density at radius 3 is 2.61 bits per heavy atom. The van der Waals surface area contributed by atoms with Crippen LogP contribution in [0.25, 0.3) is 0 Å². The quantitative estimate of drug-likeness (QED) is 0.798. The summed E-state index contributed by atoms with van der Waals surface area (Å²) < 4.78 is 41.7. The largest absolute Gasteiger partial charge is 0.322 e. The third-order valence-corrected chi connectivity index (χ3v) is 5.08. The predicted molar refractivity (Wildman–Crippen MR) is 94.2 cm³/mol. The first-order valence-electron chi connectivity index (χ1n) is 8.92. The zero-order chi connectivity index (χ0) is 20.0. The van der Waals surface area contributed by atoms with Gasteiger partial charge in [0.1, 0.15) is 0 Å². The number of halogens is 3. The molecule has 0 saturated carbocycles. The minimum Gasteiger partial charge on any atom is -0.314 e. The maximum atomic E-state index is 13.4. The van der Waals surface area contributed by atoms with Gasteiger partial charge in [0.05, 0.1) is 36.7 Å². The van der Waals surface area contributed by atoms with E-state index in [1.165, 1.54) is 4.90 Å². The molecule has 3 heterocycles. The van der Waals surface area contributed by atoms with Gasteiger partial charge in [-0.3, -0.25) is 9.48 Å². The van der Waals surface area contributed by atoms with Gasteiger partial charge in [0.25, 0.3) is 0 Å². The molecule has 4 rings (SSSR count). The summed E-state index contributed by atoms with van der Waals surface area (Å²) in [4.78, 5) is 27.9. The number of hydrogen-bond donors (Lipinski definition) is 1. The van der Waals surface area contributed by atoms with E-state index in [0.29, 0.717) is 25.2 Å². The molecule has 0 unspecified atom stereocenters. The number of benzene rings is 1. The minimum atomic E-state index is -1.59. The van der Waals surface area contributed by atoms with E-state index >= 15 is 0 Å². The van der Waals surface area contributed by atoms with E-state index in [2.05, 4.69) is 10.4 Å². The molecule has 0 aliphatic carbocycles. The summed E-state index contributed by atoms with van der Waals surface area (Å²) in [7, 11) is 0. The average Bonchev–Trinajstić information content (AvgIpc) is 3.24. The first kappa shape index (κ1) is 18.3. The van der Waals surface area contributed by atoms with Crippen molar-refractivity contribution < 1.29 is 22.8 Å². The molecule has 1 aromatic heterocycles. The van der Waals surface area contributed by atoms with Gasteiger partial charge in [-0.1, -0.05) is 0 Å². The molecule has 1 saturated heterocycles. The van der Waals surface area contributed by atoms with Crippen molar-refractivity contribution in [3.8, 4) is 0 Å². The summed E-state index contributed by atoms with van der Waals surface area (Å²) in [5.74, 6) is -4.33. The van der Waals surface area contributed by atoms with Crippen LogP contribution in [0.3, 0.4) is 0 Å². The van der Waals surface area contributed by atoms with Crippen LogP contribution >= 0.6 is 0 Å². The van der Waals surface area contributed by atoms with Gasteiger partial charge in [-0.2, -0.15) is 5.10 Å². The second-order valence-corrected chi connectivity index (χ2v) is 6.97. The van der Waals surface area contributed by atoms with Gasteiger partial charge >= 0.3 is 6.03 Å². The van der Waals surface area contributed by atoms with Crippen LogP contribution in [0.15, 0.2) is 18.3 Å². The smallest absolute Gasteiger partial charge is 0.314 e. The van der Waals surface area contributed by atoms with Crippen molar-refractivity contribution in [2.45, 2.75) is 38.9 Å². The predicted octanol–water partition coefficient (Wildman–Crippen LogP) is 2.86. The van der Waals surface area contributed by atoms with E-state index in [-0.39, 0.29) is 24.2 Å². The lowest BCUT2D eigenvalue weighted by molar-refractivity contribution is -0.117. The molecule has 2 aliphatic heterocycles. The lowest BCUT2D eigenvalue weighted by Crippen LogP contribution is -2.47. The number of amides is 3. The zero-order valence-corrected chi connectivity index (χ0v) is 15.1. The molecule has 10 heteroatoms. The van der Waals surface area contributed by atoms with Crippen LogP contribution < -0.4 is 10.2 Å². The monoisotopic (exact) mass is 393 g/mol. The number of aromatic nitrogens is 2. The SMILES string of the molecule is C[C@H]1Cn2ncc(N3CCCC3=O)c2CN1C(=O)Nc1cc(F)c(F)c(F)c1. The second-order valence-electron chi connectivity index (χ2n) is 6.97. The Morgan fingerprint density at radius 2 is 1.96 bits per heavy atom. The van der Waals surface area contributed by atoms with Gasteiger partial charge in [-0.05, 0) is 13.3 Å². The van der Waals surface area contributed by atoms with Crippen molar-refractivity contribution in [1.82, 2.24) is 14.7 Å². The fourth-order valence-corrected chi connectivity index (χ4v) is 3.61. The van der Waals surface area contributed by atoms with E-state index in [1.54, 1.807) is 15.8 Å². The van der Waals surface area contributed by atoms with Gasteiger partial charge in [-0.25, -0.2) is 18.0 Å². The normalized spacial score (nSPS) is 19.1. The Morgan fingerprint density at radius 1 is 1.25 bits per heavy atom. The topological polar surface area (TPSA) is 70.5 Å². The van der Waals surface area contributed by atoms with E-state index in [4.69, 9.17) is 0 Å². The summed E-state index contributed by atoms with van der Waals surface area (Å²) in [5.41, 5.74) is 1.22. The molecule has 2 aliphatic rings. The summed E-state index contributed by atoms with van der Waals surface area (Å²) in [5, 5.41) is 6.72. The van der Waals surface area contributed by atoms with E-state index < -0.39 is 23.5 Å². The highest BCUT2D eigenvalue weighted by atomic mass is 19.2. The van der Waals surface area contributed by atoms with Crippen LogP contribution in [0.5, 0.6) is 0 Å². The average molecular weight is 393 g/mol. The molecule has 1 aromatic carbocycles. The van der Waals surface area contributed by atoms with Crippen molar-refractivity contribution in [3.63, 3.8) is 0 Å². The van der Waals surface area contributed by atoms with Crippen LogP contribution in [0.4, 0.5) is 29.3 Å². The maximum absolute atomic E-state index is 13.4. The van der Waals surface area contributed by atoms with Crippen LogP contribution in [-0.2, 0) is 17.9 Å². The number of anilines is 2. The third kappa shape index (κ3) is 3.08. The number of nitrogens with zero attached hydrogens (tertiary/aromatic N) is 4. The number of carbonyl (C=O) groups is 2. The molecule has 2 aromatic rings. The number of carbonyl (C=O) groups excluding carboxylic acids is 2. The van der Waals surface area contributed by atoms with Crippen LogP contribution in [0.1, 0.15) is 25.5 Å². The lowest BCUT2D eigenvalue weighted by Gasteiger charge is -2.35. The molecule has 148 valence electrons. The standard InChI is InChI=1S/C18H18F3N5O2/c1-10-8-26-15(14(7-22-26)24-4-2-3-16(24)27)9-25(10)18(28)23-11-5-12(19)17(21)13(20)6-11/h5-7,10H,2-4,8-9H2,1H3,(H,23,28)/t10-/m0/s1. The molecule has 1 N–H and O–H groups in total. The van der Waals surface area contributed by atoms with E-state index in [9.17, 15) is 22.8 Å². The summed E-state index contributed by atoms with van der Waals surface area (Å²) in [6.45, 7) is 3.01. The zero-order valence-electron chi connectivity index (χ0n) is 15.1. The Balaban J connectivity index is 1.56. The maximum Gasteiger partial charge on any atom is 0.322 e. The highest BCUT2D eigenvalue weighted by molar-refractivity contribution is 5.96. The molecule has 28 heavy (non-hydrogen) atoms. The lowest BCUT2D eigenvalue weighted by atomic mass is 10.2. The van der Waals surface area contributed by atoms with Crippen molar-refractivity contribution in [2.75, 3.05) is 16.8 Å². The van der Waals surface area contributed by atoms with Crippen LogP contribution in [-0.4, -0.2) is 39.2 Å². The fourth-order valence-electron chi connectivity index (χ4n) is 3.61. The van der Waals surface area contributed by atoms with Gasteiger partial charge in [0, 0.05) is 30.8 Å². The molecular weight excluding hydrogens is 375 g/mol. The van der Waals surface area contributed by atoms with Gasteiger partial charge in [-0.15, -0.1) is 0 Å². The van der Waals surface area contributed by atoms with E-state index in [0.717, 1.165) is 24.2 Å². The summed E-state index contributed by atoms with van der Waals surface area (Å²) >= 11 is 0. The highest BCUT2D eigenvalue weighted by Gasteiger charge is 2.33. The Hall–Kier alpha value is -3.04. The first-order chi connectivity index (χ1) is 13.3. The molecule has 1 atom stereocenters. The van der Waals surface area contributed by atoms with E-state index in [1.807, 2.05) is 6.92 Å². The second kappa shape index (κ2) is 6.84. The number of rotatable bonds is 2. The summed E-state index contributed by atoms with van der Waals surface area (Å²) in [6.07, 6.45) is 2.87. The Bertz CT molecular complexity index is 938. The summed E-state index contributed by atoms with van der Waals surface area (Å²) in [6, 6.07) is 0.626. The number of fused-ring (bicyclic) bond motifs is 1. The molecular formula is C18H18F3N5O2. The van der Waals surface area contributed by atoms with Gasteiger partial charge in [0.15, 0.2) is 17.5 Å². The number of hydrogen-bond acceptors (Lipinski definition) is 3. The first-order valence-corrected chi connectivity index (χ1v) is 8.92. The van der Waals surface area contributed by atoms with Crippen LogP contribution in [0, 0.1) is 17.5 Å².